The summed E-state index contributed by atoms with van der Waals surface area (Å²) in [5.41, 5.74) is -2.98. The number of amides is 4. The van der Waals surface area contributed by atoms with Crippen molar-refractivity contribution in [1.29, 1.82) is 0 Å². The molecule has 4 amide bonds. The second-order valence-corrected chi connectivity index (χ2v) is 17.8. The van der Waals surface area contributed by atoms with Crippen LogP contribution in [0.2, 0.25) is 0 Å². The molecular weight excluding hydrogens is 691 g/mol. The van der Waals surface area contributed by atoms with Crippen LogP contribution < -0.4 is 24.8 Å². The lowest BCUT2D eigenvalue weighted by Gasteiger charge is -2.36. The van der Waals surface area contributed by atoms with Gasteiger partial charge in [-0.2, -0.15) is 0 Å². The van der Waals surface area contributed by atoms with Crippen LogP contribution in [-0.2, 0) is 29.1 Å². The fourth-order valence-electron chi connectivity index (χ4n) is 7.31. The molecule has 4 aliphatic rings. The molecule has 2 heterocycles. The number of benzene rings is 1. The van der Waals surface area contributed by atoms with Crippen LogP contribution in [0.25, 0.3) is 10.8 Å². The van der Waals surface area contributed by atoms with Crippen molar-refractivity contribution in [2.24, 2.45) is 11.3 Å². The highest BCUT2D eigenvalue weighted by molar-refractivity contribution is 7.91. The van der Waals surface area contributed by atoms with Gasteiger partial charge in [-0.3, -0.25) is 19.1 Å². The monoisotopic (exact) mass is 739 g/mol. The zero-order valence-corrected chi connectivity index (χ0v) is 31.2. The number of likely N-dealkylation sites (tertiary alicyclic amines) is 1. The van der Waals surface area contributed by atoms with Crippen LogP contribution in [0.3, 0.4) is 0 Å². The van der Waals surface area contributed by atoms with E-state index in [1.54, 1.807) is 40.1 Å². The van der Waals surface area contributed by atoms with E-state index in [1.165, 1.54) is 11.0 Å². The Morgan fingerprint density at radius 3 is 2.44 bits per heavy atom. The first kappa shape index (κ1) is 37.4. The Kier molecular flexibility index (Phi) is 9.96. The maximum Gasteiger partial charge on any atom is 0.408 e. The Bertz CT molecular complexity index is 1870. The largest absolute Gasteiger partial charge is 0.497 e. The molecule has 1 aromatic carbocycles. The Morgan fingerprint density at radius 1 is 1.12 bits per heavy atom. The molecule has 3 saturated carbocycles. The summed E-state index contributed by atoms with van der Waals surface area (Å²) in [5, 5.41) is 6.46. The summed E-state index contributed by atoms with van der Waals surface area (Å²) in [6.45, 7) is 11.0. The molecule has 0 unspecified atom stereocenters. The predicted octanol–water partition coefficient (Wildman–Crippen LogP) is 3.73. The number of sulfonamides is 1. The maximum absolute atomic E-state index is 14.6. The molecule has 1 aliphatic heterocycles. The van der Waals surface area contributed by atoms with Gasteiger partial charge >= 0.3 is 6.09 Å². The van der Waals surface area contributed by atoms with Crippen LogP contribution in [0.1, 0.15) is 79.1 Å². The molecule has 0 radical (unpaired) electrons. The van der Waals surface area contributed by atoms with Gasteiger partial charge in [-0.15, -0.1) is 6.58 Å². The van der Waals surface area contributed by atoms with Gasteiger partial charge < -0.3 is 29.7 Å². The maximum atomic E-state index is 14.6. The molecule has 14 nitrogen and oxygen atoms in total. The number of ether oxygens (including phenoxy) is 3. The normalized spacial score (nSPS) is 25.9. The van der Waals surface area contributed by atoms with Gasteiger partial charge in [0.15, 0.2) is 0 Å². The average Bonchev–Trinajstić information content (AvgIpc) is 3.98. The number of fused-ring (bicyclic) bond motifs is 1. The third-order valence-corrected chi connectivity index (χ3v) is 12.5. The van der Waals surface area contributed by atoms with E-state index in [4.69, 9.17) is 14.2 Å². The summed E-state index contributed by atoms with van der Waals surface area (Å²) in [4.78, 5) is 61.4. The Balaban J connectivity index is 1.27. The second-order valence-electron chi connectivity index (χ2n) is 15.9. The number of hydrogen-bond donors (Lipinski definition) is 3. The molecule has 15 heteroatoms. The number of nitrogens with one attached hydrogen (secondary N) is 3. The van der Waals surface area contributed by atoms with Crippen molar-refractivity contribution in [1.82, 2.24) is 25.2 Å². The zero-order valence-electron chi connectivity index (χ0n) is 30.4. The first-order valence-electron chi connectivity index (χ1n) is 17.9. The highest BCUT2D eigenvalue weighted by Crippen LogP contribution is 2.45. The number of pyridine rings is 1. The van der Waals surface area contributed by atoms with Gasteiger partial charge in [-0.05, 0) is 86.9 Å². The van der Waals surface area contributed by atoms with Gasteiger partial charge in [-0.25, -0.2) is 18.2 Å². The van der Waals surface area contributed by atoms with E-state index in [9.17, 15) is 27.6 Å². The minimum atomic E-state index is -3.89. The number of alkyl carbamates (subject to hydrolysis) is 1. The van der Waals surface area contributed by atoms with Crippen LogP contribution in [0, 0.1) is 11.3 Å². The second kappa shape index (κ2) is 13.9. The number of methoxy groups -OCH3 is 1. The number of carbonyl (C=O) groups excluding carboxylic acids is 4. The summed E-state index contributed by atoms with van der Waals surface area (Å²) in [5.74, 6) is -1.60. The fourth-order valence-corrected chi connectivity index (χ4v) is 8.68. The minimum Gasteiger partial charge on any atom is -0.497 e. The highest BCUT2D eigenvalue weighted by Gasteiger charge is 2.62. The first-order valence-corrected chi connectivity index (χ1v) is 19.4. The summed E-state index contributed by atoms with van der Waals surface area (Å²) >= 11 is 0. The van der Waals surface area contributed by atoms with Crippen molar-refractivity contribution in [2.45, 2.75) is 114 Å². The van der Waals surface area contributed by atoms with Crippen LogP contribution in [-0.4, -0.2) is 90.3 Å². The van der Waals surface area contributed by atoms with E-state index in [0.717, 1.165) is 31.1 Å². The minimum absolute atomic E-state index is 0.0298. The number of rotatable bonds is 12. The Hall–Kier alpha value is -4.40. The molecule has 0 bridgehead atoms. The Morgan fingerprint density at radius 2 is 1.83 bits per heavy atom. The van der Waals surface area contributed by atoms with Gasteiger partial charge in [0.25, 0.3) is 5.91 Å². The third-order valence-electron chi connectivity index (χ3n) is 10.7. The van der Waals surface area contributed by atoms with E-state index < -0.39 is 79.7 Å². The number of carbonyl (C=O) groups is 4. The van der Waals surface area contributed by atoms with E-state index in [1.807, 2.05) is 25.1 Å². The van der Waals surface area contributed by atoms with E-state index in [0.29, 0.717) is 29.9 Å². The fraction of sp³-hybridized carbons (Fsp3) is 0.595. The molecule has 3 N–H and O–H groups in total. The molecule has 3 aliphatic carbocycles. The average molecular weight is 740 g/mol. The van der Waals surface area contributed by atoms with Crippen molar-refractivity contribution >= 4 is 44.6 Å². The quantitative estimate of drug-likeness (QED) is 0.271. The summed E-state index contributed by atoms with van der Waals surface area (Å²) in [6.07, 6.45) is 6.09. The van der Waals surface area contributed by atoms with Gasteiger partial charge in [0.1, 0.15) is 35.1 Å². The van der Waals surface area contributed by atoms with Gasteiger partial charge in [-0.1, -0.05) is 26.8 Å². The van der Waals surface area contributed by atoms with Crippen LogP contribution >= 0.6 is 0 Å². The lowest BCUT2D eigenvalue weighted by atomic mass is 9.85. The van der Waals surface area contributed by atoms with Crippen LogP contribution in [0.4, 0.5) is 4.79 Å². The van der Waals surface area contributed by atoms with Crippen molar-refractivity contribution in [3.05, 3.63) is 43.1 Å². The topological polar surface area (TPSA) is 182 Å². The van der Waals surface area contributed by atoms with Gasteiger partial charge in [0, 0.05) is 23.9 Å². The van der Waals surface area contributed by atoms with Crippen LogP contribution in [0.5, 0.6) is 11.6 Å². The smallest absolute Gasteiger partial charge is 0.408 e. The van der Waals surface area contributed by atoms with Gasteiger partial charge in [0.2, 0.25) is 27.7 Å². The third kappa shape index (κ3) is 7.69. The van der Waals surface area contributed by atoms with E-state index in [-0.39, 0.29) is 19.4 Å². The van der Waals surface area contributed by atoms with Crippen molar-refractivity contribution in [3.8, 4) is 11.6 Å². The molecular formula is C37H49N5O9S. The molecule has 1 saturated heterocycles. The standard InChI is InChI=1S/C37H49N5O9S/c1-7-23-20-37(23,33(45)41-52(47,48)26-11-12-26)40-30(43)28-19-25(50-31-27-13-10-24(49-6)18-22(27)14-17-38-31)21-42(28)32(44)29(35(2,3)4)39-34(46)51-36(5)15-8-9-16-36/h7,10,13-14,17-18,23,25-26,28-29H,1,8-9,11-12,15-16,19-21H2,2-6H3,(H,39,46)(H,40,43)(H,41,45)/t23-,25-,28+,29-,37-/m1/s1. The van der Waals surface area contributed by atoms with Crippen molar-refractivity contribution in [2.75, 3.05) is 13.7 Å². The molecule has 5 atom stereocenters. The lowest BCUT2D eigenvalue weighted by molar-refractivity contribution is -0.143. The number of hydrogen-bond acceptors (Lipinski definition) is 10. The zero-order chi connectivity index (χ0) is 37.6. The molecule has 1 aromatic heterocycles. The number of aromatic nitrogens is 1. The summed E-state index contributed by atoms with van der Waals surface area (Å²) < 4.78 is 45.1. The number of nitrogens with zero attached hydrogens (tertiary/aromatic N) is 2. The van der Waals surface area contributed by atoms with Gasteiger partial charge in [0.05, 0.1) is 18.9 Å². The molecule has 6 rings (SSSR count). The summed E-state index contributed by atoms with van der Waals surface area (Å²) in [6, 6.07) is 5.02. The predicted molar refractivity (Wildman–Crippen MR) is 192 cm³/mol. The summed E-state index contributed by atoms with van der Waals surface area (Å²) in [7, 11) is -2.32. The molecule has 282 valence electrons. The van der Waals surface area contributed by atoms with Crippen molar-refractivity contribution < 1.29 is 41.8 Å². The molecule has 2 aromatic rings. The lowest BCUT2D eigenvalue weighted by Crippen LogP contribution is -2.60. The van der Waals surface area contributed by atoms with Crippen LogP contribution in [0.15, 0.2) is 43.1 Å². The first-order chi connectivity index (χ1) is 24.5. The highest BCUT2D eigenvalue weighted by atomic mass is 32.2. The molecule has 4 fully saturated rings. The molecule has 52 heavy (non-hydrogen) atoms. The van der Waals surface area contributed by atoms with E-state index >= 15 is 0 Å². The van der Waals surface area contributed by atoms with Crippen molar-refractivity contribution in [3.63, 3.8) is 0 Å². The SMILES string of the molecule is C=C[C@@H]1C[C@]1(NC(=O)[C@@H]1C[C@@H](Oc2nccc3cc(OC)ccc23)CN1C(=O)[C@@H](NC(=O)OC1(C)CCCC1)C(C)(C)C)C(=O)NS(=O)(=O)C1CC1. The van der Waals surface area contributed by atoms with E-state index in [2.05, 4.69) is 26.9 Å². The Labute approximate surface area is 304 Å². The molecule has 0 spiro atoms.